The van der Waals surface area contributed by atoms with Gasteiger partial charge in [0, 0.05) is 13.6 Å². The van der Waals surface area contributed by atoms with Crippen LogP contribution in [0.15, 0.2) is 6.33 Å². The second-order valence-electron chi connectivity index (χ2n) is 6.00. The first kappa shape index (κ1) is 13.1. The number of nitro groups is 1. The van der Waals surface area contributed by atoms with Crippen LogP contribution < -0.4 is 10.6 Å². The highest BCUT2D eigenvalue weighted by Crippen LogP contribution is 2.48. The zero-order valence-electron chi connectivity index (χ0n) is 11.5. The molecule has 0 spiro atoms. The van der Waals surface area contributed by atoms with E-state index in [1.165, 1.54) is 32.0 Å². The van der Waals surface area contributed by atoms with Crippen molar-refractivity contribution in [3.8, 4) is 0 Å². The molecule has 20 heavy (non-hydrogen) atoms. The molecule has 2 aliphatic rings. The van der Waals surface area contributed by atoms with E-state index in [1.807, 2.05) is 11.9 Å². The molecule has 0 saturated heterocycles. The Labute approximate surface area is 117 Å². The molecule has 2 bridgehead atoms. The number of hydrogen-bond donors (Lipinski definition) is 1. The summed E-state index contributed by atoms with van der Waals surface area (Å²) in [6, 6.07) is 0. The fraction of sp³-hybridized carbons (Fsp3) is 0.692. The maximum Gasteiger partial charge on any atom is 0.353 e. The van der Waals surface area contributed by atoms with Gasteiger partial charge in [-0.05, 0) is 37.0 Å². The standard InChI is InChI=1S/C13H19N5O2/c1-17(6-10-5-8-2-3-9(10)4-8)13-11(18(19)20)12(14)15-7-16-13/h7-10H,2-6H2,1H3,(H2,14,15,16). The van der Waals surface area contributed by atoms with Crippen LogP contribution in [0.4, 0.5) is 17.3 Å². The van der Waals surface area contributed by atoms with E-state index in [4.69, 9.17) is 5.73 Å². The van der Waals surface area contributed by atoms with Crippen molar-refractivity contribution in [1.29, 1.82) is 0 Å². The average Bonchev–Trinajstić information content (AvgIpc) is 3.00. The van der Waals surface area contributed by atoms with Crippen LogP contribution in [-0.2, 0) is 0 Å². The van der Waals surface area contributed by atoms with Gasteiger partial charge >= 0.3 is 5.69 Å². The highest BCUT2D eigenvalue weighted by molar-refractivity contribution is 5.68. The zero-order valence-corrected chi connectivity index (χ0v) is 11.5. The lowest BCUT2D eigenvalue weighted by Gasteiger charge is -2.27. The molecule has 2 fully saturated rings. The van der Waals surface area contributed by atoms with E-state index in [-0.39, 0.29) is 11.5 Å². The maximum absolute atomic E-state index is 11.1. The van der Waals surface area contributed by atoms with Gasteiger partial charge in [-0.2, -0.15) is 0 Å². The average molecular weight is 277 g/mol. The summed E-state index contributed by atoms with van der Waals surface area (Å²) in [5, 5.41) is 11.1. The van der Waals surface area contributed by atoms with Crippen molar-refractivity contribution in [3.05, 3.63) is 16.4 Å². The van der Waals surface area contributed by atoms with Gasteiger partial charge in [-0.1, -0.05) is 6.42 Å². The van der Waals surface area contributed by atoms with E-state index in [2.05, 4.69) is 9.97 Å². The number of nitrogen functional groups attached to an aromatic ring is 1. The second kappa shape index (κ2) is 4.88. The summed E-state index contributed by atoms with van der Waals surface area (Å²) in [7, 11) is 1.85. The van der Waals surface area contributed by atoms with Gasteiger partial charge in [0.1, 0.15) is 6.33 Å². The van der Waals surface area contributed by atoms with Crippen molar-refractivity contribution < 1.29 is 4.92 Å². The first-order chi connectivity index (χ1) is 9.56. The molecule has 108 valence electrons. The van der Waals surface area contributed by atoms with E-state index < -0.39 is 4.92 Å². The minimum atomic E-state index is -0.498. The summed E-state index contributed by atoms with van der Waals surface area (Å²) >= 11 is 0. The highest BCUT2D eigenvalue weighted by atomic mass is 16.6. The topological polar surface area (TPSA) is 98.2 Å². The van der Waals surface area contributed by atoms with E-state index in [0.717, 1.165) is 18.4 Å². The van der Waals surface area contributed by atoms with Gasteiger partial charge in [-0.25, -0.2) is 9.97 Å². The fourth-order valence-electron chi connectivity index (χ4n) is 3.88. The molecule has 3 atom stereocenters. The van der Waals surface area contributed by atoms with E-state index >= 15 is 0 Å². The van der Waals surface area contributed by atoms with Crippen molar-refractivity contribution in [2.75, 3.05) is 24.2 Å². The molecule has 2 aliphatic carbocycles. The summed E-state index contributed by atoms with van der Waals surface area (Å²) in [5.41, 5.74) is 5.43. The number of anilines is 2. The Kier molecular flexibility index (Phi) is 3.19. The van der Waals surface area contributed by atoms with E-state index in [1.54, 1.807) is 0 Å². The number of aromatic nitrogens is 2. The molecule has 0 radical (unpaired) electrons. The van der Waals surface area contributed by atoms with Gasteiger partial charge in [0.2, 0.25) is 11.6 Å². The molecule has 1 heterocycles. The Hall–Kier alpha value is -1.92. The molecular formula is C13H19N5O2. The summed E-state index contributed by atoms with van der Waals surface area (Å²) in [5.74, 6) is 2.52. The minimum Gasteiger partial charge on any atom is -0.378 e. The Morgan fingerprint density at radius 3 is 2.85 bits per heavy atom. The van der Waals surface area contributed by atoms with Crippen LogP contribution in [0.2, 0.25) is 0 Å². The van der Waals surface area contributed by atoms with Crippen molar-refractivity contribution >= 4 is 17.3 Å². The van der Waals surface area contributed by atoms with Gasteiger partial charge in [0.25, 0.3) is 0 Å². The van der Waals surface area contributed by atoms with Crippen LogP contribution in [0.25, 0.3) is 0 Å². The monoisotopic (exact) mass is 277 g/mol. The molecule has 2 N–H and O–H groups in total. The number of nitrogens with zero attached hydrogens (tertiary/aromatic N) is 4. The van der Waals surface area contributed by atoms with Gasteiger partial charge in [0.05, 0.1) is 4.92 Å². The molecule has 3 rings (SSSR count). The van der Waals surface area contributed by atoms with Gasteiger partial charge < -0.3 is 10.6 Å². The zero-order chi connectivity index (χ0) is 14.3. The molecule has 1 aromatic rings. The van der Waals surface area contributed by atoms with Crippen LogP contribution in [-0.4, -0.2) is 28.5 Å². The predicted molar refractivity (Wildman–Crippen MR) is 75.3 cm³/mol. The minimum absolute atomic E-state index is 0.0696. The van der Waals surface area contributed by atoms with E-state index in [9.17, 15) is 10.1 Å². The third-order valence-corrected chi connectivity index (χ3v) is 4.77. The largest absolute Gasteiger partial charge is 0.378 e. The van der Waals surface area contributed by atoms with Crippen LogP contribution in [0.1, 0.15) is 25.7 Å². The smallest absolute Gasteiger partial charge is 0.353 e. The van der Waals surface area contributed by atoms with Crippen molar-refractivity contribution in [2.24, 2.45) is 17.8 Å². The molecule has 0 amide bonds. The molecular weight excluding hydrogens is 258 g/mol. The Morgan fingerprint density at radius 1 is 1.45 bits per heavy atom. The van der Waals surface area contributed by atoms with Crippen molar-refractivity contribution in [3.63, 3.8) is 0 Å². The quantitative estimate of drug-likeness (QED) is 0.666. The van der Waals surface area contributed by atoms with Crippen LogP contribution in [0.5, 0.6) is 0 Å². The number of rotatable bonds is 4. The summed E-state index contributed by atoms with van der Waals surface area (Å²) in [6.45, 7) is 0.804. The normalized spacial score (nSPS) is 27.8. The summed E-state index contributed by atoms with van der Waals surface area (Å²) < 4.78 is 0. The fourth-order valence-corrected chi connectivity index (χ4v) is 3.88. The maximum atomic E-state index is 11.1. The molecule has 7 heteroatoms. The molecule has 2 saturated carbocycles. The Bertz CT molecular complexity index is 535. The van der Waals surface area contributed by atoms with Crippen LogP contribution in [0, 0.1) is 27.9 Å². The first-order valence-corrected chi connectivity index (χ1v) is 7.02. The third kappa shape index (κ3) is 2.17. The molecule has 3 unspecified atom stereocenters. The second-order valence-corrected chi connectivity index (χ2v) is 6.00. The predicted octanol–water partition coefficient (Wildman–Crippen LogP) is 1.84. The lowest BCUT2D eigenvalue weighted by Crippen LogP contribution is -2.30. The number of fused-ring (bicyclic) bond motifs is 2. The van der Waals surface area contributed by atoms with Gasteiger partial charge in [-0.3, -0.25) is 10.1 Å². The summed E-state index contributed by atoms with van der Waals surface area (Å²) in [4.78, 5) is 20.3. The molecule has 0 aromatic carbocycles. The van der Waals surface area contributed by atoms with Crippen LogP contribution in [0.3, 0.4) is 0 Å². The molecule has 0 aliphatic heterocycles. The lowest BCUT2D eigenvalue weighted by molar-refractivity contribution is -0.383. The van der Waals surface area contributed by atoms with Crippen molar-refractivity contribution in [1.82, 2.24) is 9.97 Å². The number of hydrogen-bond acceptors (Lipinski definition) is 6. The Morgan fingerprint density at radius 2 is 2.25 bits per heavy atom. The van der Waals surface area contributed by atoms with Crippen LogP contribution >= 0.6 is 0 Å². The lowest BCUT2D eigenvalue weighted by atomic mass is 9.88. The van der Waals surface area contributed by atoms with Gasteiger partial charge in [0.15, 0.2) is 0 Å². The third-order valence-electron chi connectivity index (χ3n) is 4.77. The van der Waals surface area contributed by atoms with E-state index in [0.29, 0.717) is 11.7 Å². The number of nitrogens with two attached hydrogens (primary N) is 1. The van der Waals surface area contributed by atoms with Crippen molar-refractivity contribution in [2.45, 2.75) is 25.7 Å². The Balaban J connectivity index is 1.79. The molecule has 1 aromatic heterocycles. The van der Waals surface area contributed by atoms with Gasteiger partial charge in [-0.15, -0.1) is 0 Å². The summed E-state index contributed by atoms with van der Waals surface area (Å²) in [6.07, 6.45) is 6.51. The first-order valence-electron chi connectivity index (χ1n) is 7.02. The highest BCUT2D eigenvalue weighted by Gasteiger charge is 2.40. The SMILES string of the molecule is CN(CC1CC2CCC1C2)c1ncnc(N)c1[N+](=O)[O-]. The molecule has 7 nitrogen and oxygen atoms in total.